The van der Waals surface area contributed by atoms with Gasteiger partial charge in [-0.2, -0.15) is 16.8 Å². The first-order valence-electron chi connectivity index (χ1n) is 11.5. The quantitative estimate of drug-likeness (QED) is 0.374. The lowest BCUT2D eigenvalue weighted by Crippen LogP contribution is -2.17. The van der Waals surface area contributed by atoms with E-state index < -0.39 is 37.5 Å². The summed E-state index contributed by atoms with van der Waals surface area (Å²) in [5.41, 5.74) is 1.10. The van der Waals surface area contributed by atoms with E-state index in [4.69, 9.17) is 13.1 Å². The minimum Gasteiger partial charge on any atom is -0.489 e. The predicted molar refractivity (Wildman–Crippen MR) is 134 cm³/mol. The van der Waals surface area contributed by atoms with Gasteiger partial charge in [0, 0.05) is 12.1 Å². The first-order chi connectivity index (χ1) is 17.4. The molecule has 0 saturated heterocycles. The third-order valence-corrected chi connectivity index (χ3v) is 8.38. The van der Waals surface area contributed by atoms with E-state index in [0.29, 0.717) is 12.8 Å². The van der Waals surface area contributed by atoms with Crippen LogP contribution in [0, 0.1) is 13.8 Å². The van der Waals surface area contributed by atoms with Crippen molar-refractivity contribution in [3.63, 3.8) is 0 Å². The van der Waals surface area contributed by atoms with E-state index in [2.05, 4.69) is 0 Å². The fraction of sp³-hybridized carbons (Fsp3) is 0.269. The molecule has 0 bridgehead atoms. The standard InChI is InChI=1S/C26H26O9S2/c1-17-7-11-21(12-8-17)36(29,30)34-20-15-23(33-19-5-3-4-6-19)25(26(27)28)24(16-20)35-37(31,32)22-13-9-18(2)10-14-22/h7-16,19H,3-6H2,1-2H3,(H,27,28). The van der Waals surface area contributed by atoms with Crippen LogP contribution in [0.3, 0.4) is 0 Å². The molecule has 3 aromatic rings. The Balaban J connectivity index is 1.79. The minimum atomic E-state index is -4.47. The first-order valence-corrected chi connectivity index (χ1v) is 14.4. The molecule has 0 unspecified atom stereocenters. The molecule has 11 heteroatoms. The summed E-state index contributed by atoms with van der Waals surface area (Å²) in [7, 11) is -8.80. The molecule has 3 aromatic carbocycles. The van der Waals surface area contributed by atoms with Gasteiger partial charge in [-0.05, 0) is 63.8 Å². The van der Waals surface area contributed by atoms with Crippen LogP contribution in [0.25, 0.3) is 0 Å². The predicted octanol–water partition coefficient (Wildman–Crippen LogP) is 4.86. The zero-order valence-electron chi connectivity index (χ0n) is 20.2. The summed E-state index contributed by atoms with van der Waals surface area (Å²) in [6.07, 6.45) is 2.79. The van der Waals surface area contributed by atoms with Gasteiger partial charge >= 0.3 is 26.2 Å². The second-order valence-electron chi connectivity index (χ2n) is 8.83. The molecule has 1 aliphatic carbocycles. The van der Waals surface area contributed by atoms with E-state index in [9.17, 15) is 26.7 Å². The molecule has 9 nitrogen and oxygen atoms in total. The van der Waals surface area contributed by atoms with Crippen molar-refractivity contribution in [3.05, 3.63) is 77.4 Å². The van der Waals surface area contributed by atoms with Crippen molar-refractivity contribution in [1.82, 2.24) is 0 Å². The minimum absolute atomic E-state index is 0.131. The topological polar surface area (TPSA) is 133 Å². The Morgan fingerprint density at radius 1 is 0.757 bits per heavy atom. The third kappa shape index (κ3) is 6.23. The smallest absolute Gasteiger partial charge is 0.343 e. The van der Waals surface area contributed by atoms with Crippen molar-refractivity contribution in [1.29, 1.82) is 0 Å². The maximum absolute atomic E-state index is 13.0. The highest BCUT2D eigenvalue weighted by atomic mass is 32.2. The Morgan fingerprint density at radius 2 is 1.22 bits per heavy atom. The molecule has 4 rings (SSSR count). The van der Waals surface area contributed by atoms with Gasteiger partial charge in [0.15, 0.2) is 5.75 Å². The van der Waals surface area contributed by atoms with Crippen LogP contribution in [0.5, 0.6) is 17.2 Å². The SMILES string of the molecule is Cc1ccc(S(=O)(=O)Oc2cc(OC3CCCC3)c(C(=O)O)c(OS(=O)(=O)c3ccc(C)cc3)c2)cc1. The molecule has 196 valence electrons. The van der Waals surface area contributed by atoms with Gasteiger partial charge in [0.2, 0.25) is 0 Å². The highest BCUT2D eigenvalue weighted by Gasteiger charge is 2.29. The molecule has 0 spiro atoms. The van der Waals surface area contributed by atoms with Crippen LogP contribution >= 0.6 is 0 Å². The summed E-state index contributed by atoms with van der Waals surface area (Å²) in [5, 5.41) is 9.94. The number of benzene rings is 3. The van der Waals surface area contributed by atoms with Crippen LogP contribution in [-0.4, -0.2) is 34.0 Å². The molecule has 1 saturated carbocycles. The Morgan fingerprint density at radius 3 is 1.70 bits per heavy atom. The number of aryl methyl sites for hydroxylation is 2. The number of carboxylic acids is 1. The van der Waals surface area contributed by atoms with Gasteiger partial charge in [-0.25, -0.2) is 4.79 Å². The van der Waals surface area contributed by atoms with Gasteiger partial charge in [-0.1, -0.05) is 35.4 Å². The van der Waals surface area contributed by atoms with Gasteiger partial charge in [0.05, 0.1) is 6.10 Å². The lowest BCUT2D eigenvalue weighted by atomic mass is 10.1. The van der Waals surface area contributed by atoms with E-state index in [1.165, 1.54) is 24.3 Å². The molecule has 1 N–H and O–H groups in total. The van der Waals surface area contributed by atoms with E-state index >= 15 is 0 Å². The second-order valence-corrected chi connectivity index (χ2v) is 11.9. The van der Waals surface area contributed by atoms with Gasteiger partial charge < -0.3 is 18.2 Å². The summed E-state index contributed by atoms with van der Waals surface area (Å²) < 4.78 is 68.2. The maximum Gasteiger partial charge on any atom is 0.343 e. The summed E-state index contributed by atoms with van der Waals surface area (Å²) in [6, 6.07) is 13.8. The highest BCUT2D eigenvalue weighted by Crippen LogP contribution is 2.39. The number of aromatic carboxylic acids is 1. The Bertz CT molecular complexity index is 1500. The monoisotopic (exact) mass is 546 g/mol. The van der Waals surface area contributed by atoms with Crippen LogP contribution < -0.4 is 13.1 Å². The van der Waals surface area contributed by atoms with Crippen molar-refractivity contribution in [2.75, 3.05) is 0 Å². The molecule has 0 amide bonds. The molecule has 0 atom stereocenters. The molecule has 0 radical (unpaired) electrons. The normalized spacial score (nSPS) is 14.3. The van der Waals surface area contributed by atoms with Crippen molar-refractivity contribution >= 4 is 26.2 Å². The van der Waals surface area contributed by atoms with Crippen LogP contribution in [0.1, 0.15) is 47.2 Å². The lowest BCUT2D eigenvalue weighted by molar-refractivity contribution is 0.0687. The fourth-order valence-electron chi connectivity index (χ4n) is 3.92. The van der Waals surface area contributed by atoms with Crippen molar-refractivity contribution < 1.29 is 39.8 Å². The number of hydrogen-bond acceptors (Lipinski definition) is 8. The van der Waals surface area contributed by atoms with Crippen LogP contribution in [-0.2, 0) is 20.2 Å². The van der Waals surface area contributed by atoms with Gasteiger partial charge in [0.25, 0.3) is 0 Å². The Labute approximate surface area is 215 Å². The second kappa shape index (κ2) is 10.4. The van der Waals surface area contributed by atoms with E-state index in [1.807, 2.05) is 0 Å². The molecule has 0 aromatic heterocycles. The van der Waals surface area contributed by atoms with Gasteiger partial charge in [0.1, 0.15) is 26.9 Å². The third-order valence-electron chi connectivity index (χ3n) is 5.87. The Kier molecular flexibility index (Phi) is 7.47. The summed E-state index contributed by atoms with van der Waals surface area (Å²) in [4.78, 5) is 11.9. The highest BCUT2D eigenvalue weighted by molar-refractivity contribution is 7.87. The fourth-order valence-corrected chi connectivity index (χ4v) is 5.77. The van der Waals surface area contributed by atoms with Gasteiger partial charge in [-0.15, -0.1) is 0 Å². The van der Waals surface area contributed by atoms with Crippen molar-refractivity contribution in [3.8, 4) is 17.2 Å². The van der Waals surface area contributed by atoms with Crippen molar-refractivity contribution in [2.24, 2.45) is 0 Å². The maximum atomic E-state index is 13.0. The van der Waals surface area contributed by atoms with Crippen molar-refractivity contribution in [2.45, 2.75) is 55.4 Å². The molecule has 1 fully saturated rings. The molecule has 1 aliphatic rings. The summed E-state index contributed by atoms with van der Waals surface area (Å²) in [5.74, 6) is -2.73. The average molecular weight is 547 g/mol. The molecule has 37 heavy (non-hydrogen) atoms. The van der Waals surface area contributed by atoms with Crippen LogP contribution in [0.4, 0.5) is 0 Å². The first kappa shape index (κ1) is 26.5. The lowest BCUT2D eigenvalue weighted by Gasteiger charge is -2.19. The van der Waals surface area contributed by atoms with Crippen LogP contribution in [0.15, 0.2) is 70.5 Å². The van der Waals surface area contributed by atoms with E-state index in [-0.39, 0.29) is 27.4 Å². The number of rotatable bonds is 9. The number of carbonyl (C=O) groups is 1. The zero-order valence-corrected chi connectivity index (χ0v) is 21.8. The molecule has 0 heterocycles. The summed E-state index contributed by atoms with van der Waals surface area (Å²) in [6.45, 7) is 3.58. The number of hydrogen-bond donors (Lipinski definition) is 1. The summed E-state index contributed by atoms with van der Waals surface area (Å²) >= 11 is 0. The Hall–Kier alpha value is -3.57. The number of carboxylic acid groups (broad SMARTS) is 1. The van der Waals surface area contributed by atoms with E-state index in [1.54, 1.807) is 38.1 Å². The van der Waals surface area contributed by atoms with Crippen LogP contribution in [0.2, 0.25) is 0 Å². The largest absolute Gasteiger partial charge is 0.489 e. The van der Waals surface area contributed by atoms with Gasteiger partial charge in [-0.3, -0.25) is 0 Å². The molecule has 0 aliphatic heterocycles. The zero-order chi connectivity index (χ0) is 26.8. The molecular formula is C26H26O9S2. The number of ether oxygens (including phenoxy) is 1. The average Bonchev–Trinajstić information content (AvgIpc) is 3.32. The molecular weight excluding hydrogens is 520 g/mol. The van der Waals surface area contributed by atoms with E-state index in [0.717, 1.165) is 36.1 Å².